The molecule has 9 nitrogen and oxygen atoms in total. The molecule has 1 saturated heterocycles. The van der Waals surface area contributed by atoms with Crippen molar-refractivity contribution in [1.29, 1.82) is 0 Å². The number of hydrogen-bond donors (Lipinski definition) is 3. The molecule has 2 aromatic carbocycles. The lowest BCUT2D eigenvalue weighted by Gasteiger charge is -2.39. The van der Waals surface area contributed by atoms with Crippen LogP contribution in [0.1, 0.15) is 20.8 Å². The fraction of sp³-hybridized carbons (Fsp3) is 0.185. The standard InChI is InChI=1S/C27H23Cl2N5O4/c28-20-11-21(29)19(10-18(20)22-8-4-5-9-30-22)25(36)32-24-12-23(33-34(24)17-6-2-1-3-7-17)26(37)31-13-27(14-35)15-38-16-27/h1-12,35H,13-16H2,(H,31,37)(H,32,36). The summed E-state index contributed by atoms with van der Waals surface area (Å²) >= 11 is 12.8. The summed E-state index contributed by atoms with van der Waals surface area (Å²) in [5, 5.41) is 20.2. The number of para-hydroxylation sites is 1. The van der Waals surface area contributed by atoms with Gasteiger partial charge in [-0.05, 0) is 36.4 Å². The number of benzene rings is 2. The molecule has 0 spiro atoms. The number of aliphatic hydroxyl groups excluding tert-OH is 1. The molecule has 11 heteroatoms. The minimum atomic E-state index is -0.515. The lowest BCUT2D eigenvalue weighted by Crippen LogP contribution is -2.53. The number of nitrogens with one attached hydrogen (secondary N) is 2. The van der Waals surface area contributed by atoms with Crippen molar-refractivity contribution in [2.45, 2.75) is 0 Å². The highest BCUT2D eigenvalue weighted by Gasteiger charge is 2.38. The number of rotatable bonds is 8. The highest BCUT2D eigenvalue weighted by atomic mass is 35.5. The zero-order valence-electron chi connectivity index (χ0n) is 20.0. The number of halogens is 2. The van der Waals surface area contributed by atoms with Crippen LogP contribution in [0.15, 0.2) is 72.9 Å². The molecule has 0 aliphatic carbocycles. The zero-order chi connectivity index (χ0) is 26.7. The van der Waals surface area contributed by atoms with Gasteiger partial charge in [-0.1, -0.05) is 47.5 Å². The van der Waals surface area contributed by atoms with Gasteiger partial charge >= 0.3 is 0 Å². The van der Waals surface area contributed by atoms with Gasteiger partial charge in [0.2, 0.25) is 0 Å². The van der Waals surface area contributed by atoms with Crippen LogP contribution < -0.4 is 10.6 Å². The van der Waals surface area contributed by atoms with Crippen molar-refractivity contribution in [3.05, 3.63) is 94.2 Å². The van der Waals surface area contributed by atoms with E-state index in [0.717, 1.165) is 0 Å². The molecule has 0 bridgehead atoms. The third kappa shape index (κ3) is 5.27. The average molecular weight is 552 g/mol. The number of anilines is 1. The van der Waals surface area contributed by atoms with Crippen LogP contribution in [0.5, 0.6) is 0 Å². The zero-order valence-corrected chi connectivity index (χ0v) is 21.5. The van der Waals surface area contributed by atoms with Crippen molar-refractivity contribution in [2.75, 3.05) is 31.7 Å². The molecule has 5 rings (SSSR count). The van der Waals surface area contributed by atoms with Crippen LogP contribution >= 0.6 is 23.2 Å². The Morgan fingerprint density at radius 1 is 1.00 bits per heavy atom. The smallest absolute Gasteiger partial charge is 0.271 e. The summed E-state index contributed by atoms with van der Waals surface area (Å²) in [6.45, 7) is 0.867. The lowest BCUT2D eigenvalue weighted by molar-refractivity contribution is -0.133. The molecule has 0 atom stereocenters. The Labute approximate surface area is 228 Å². The van der Waals surface area contributed by atoms with Crippen molar-refractivity contribution in [1.82, 2.24) is 20.1 Å². The topological polar surface area (TPSA) is 118 Å². The number of nitrogens with zero attached hydrogens (tertiary/aromatic N) is 3. The second kappa shape index (κ2) is 10.9. The van der Waals surface area contributed by atoms with Gasteiger partial charge in [0.15, 0.2) is 5.69 Å². The minimum Gasteiger partial charge on any atom is -0.396 e. The number of aromatic nitrogens is 3. The molecule has 0 unspecified atom stereocenters. The maximum atomic E-state index is 13.4. The molecule has 3 N–H and O–H groups in total. The van der Waals surface area contributed by atoms with Crippen molar-refractivity contribution < 1.29 is 19.4 Å². The Balaban J connectivity index is 1.44. The van der Waals surface area contributed by atoms with E-state index < -0.39 is 17.2 Å². The Hall–Kier alpha value is -3.76. The molecule has 194 valence electrons. The van der Waals surface area contributed by atoms with Gasteiger partial charge in [-0.3, -0.25) is 14.6 Å². The van der Waals surface area contributed by atoms with Crippen LogP contribution in [0.2, 0.25) is 10.0 Å². The fourth-order valence-electron chi connectivity index (χ4n) is 3.97. The van der Waals surface area contributed by atoms with Crippen LogP contribution in [-0.2, 0) is 4.74 Å². The highest BCUT2D eigenvalue weighted by molar-refractivity contribution is 6.38. The van der Waals surface area contributed by atoms with Gasteiger partial charge in [0, 0.05) is 24.4 Å². The van der Waals surface area contributed by atoms with Gasteiger partial charge in [0.1, 0.15) is 5.82 Å². The van der Waals surface area contributed by atoms with E-state index >= 15 is 0 Å². The molecule has 0 saturated carbocycles. The summed E-state index contributed by atoms with van der Waals surface area (Å²) in [7, 11) is 0. The summed E-state index contributed by atoms with van der Waals surface area (Å²) in [4.78, 5) is 30.6. The quantitative estimate of drug-likeness (QED) is 0.301. The predicted molar refractivity (Wildman–Crippen MR) is 144 cm³/mol. The predicted octanol–water partition coefficient (Wildman–Crippen LogP) is 4.23. The first kappa shape index (κ1) is 25.9. The summed E-state index contributed by atoms with van der Waals surface area (Å²) in [6.07, 6.45) is 1.63. The third-order valence-corrected chi connectivity index (χ3v) is 6.83. The molecular formula is C27H23Cl2N5O4. The van der Waals surface area contributed by atoms with Gasteiger partial charge in [-0.25, -0.2) is 4.68 Å². The molecule has 1 aliphatic rings. The van der Waals surface area contributed by atoms with Crippen molar-refractivity contribution in [3.8, 4) is 16.9 Å². The van der Waals surface area contributed by atoms with Gasteiger partial charge in [0.25, 0.3) is 11.8 Å². The first-order chi connectivity index (χ1) is 18.4. The number of carbonyl (C=O) groups excluding carboxylic acids is 2. The molecule has 3 heterocycles. The van der Waals surface area contributed by atoms with E-state index in [1.807, 2.05) is 24.3 Å². The van der Waals surface area contributed by atoms with E-state index in [1.165, 1.54) is 16.8 Å². The Morgan fingerprint density at radius 3 is 2.42 bits per heavy atom. The maximum absolute atomic E-state index is 13.4. The van der Waals surface area contributed by atoms with E-state index in [1.54, 1.807) is 36.5 Å². The summed E-state index contributed by atoms with van der Waals surface area (Å²) in [5.74, 6) is -0.698. The van der Waals surface area contributed by atoms with Gasteiger partial charge in [0.05, 0.1) is 52.2 Å². The van der Waals surface area contributed by atoms with E-state index in [-0.39, 0.29) is 35.2 Å². The van der Waals surface area contributed by atoms with Crippen LogP contribution in [0.4, 0.5) is 5.82 Å². The van der Waals surface area contributed by atoms with E-state index in [0.29, 0.717) is 35.2 Å². The monoisotopic (exact) mass is 551 g/mol. The lowest BCUT2D eigenvalue weighted by atomic mass is 9.87. The largest absolute Gasteiger partial charge is 0.396 e. The molecule has 2 aromatic heterocycles. The van der Waals surface area contributed by atoms with E-state index in [4.69, 9.17) is 27.9 Å². The normalized spacial score (nSPS) is 14.0. The highest BCUT2D eigenvalue weighted by Crippen LogP contribution is 2.32. The Morgan fingerprint density at radius 2 is 1.76 bits per heavy atom. The molecule has 2 amide bonds. The SMILES string of the molecule is O=C(NCC1(CO)COC1)c1cc(NC(=O)c2cc(-c3ccccn3)c(Cl)cc2Cl)n(-c2ccccc2)n1. The molecule has 1 aliphatic heterocycles. The summed E-state index contributed by atoms with van der Waals surface area (Å²) < 4.78 is 6.65. The van der Waals surface area contributed by atoms with Crippen molar-refractivity contribution >= 4 is 40.8 Å². The first-order valence-electron chi connectivity index (χ1n) is 11.7. The minimum absolute atomic E-state index is 0.0915. The Kier molecular flexibility index (Phi) is 7.44. The number of hydrogen-bond acceptors (Lipinski definition) is 6. The molecule has 0 radical (unpaired) electrons. The number of pyridine rings is 1. The van der Waals surface area contributed by atoms with Crippen LogP contribution in [0.3, 0.4) is 0 Å². The van der Waals surface area contributed by atoms with Crippen LogP contribution in [0, 0.1) is 5.41 Å². The first-order valence-corrected chi connectivity index (χ1v) is 12.5. The van der Waals surface area contributed by atoms with Crippen LogP contribution in [-0.4, -0.2) is 58.1 Å². The molecule has 4 aromatic rings. The third-order valence-electron chi connectivity index (χ3n) is 6.20. The molecule has 1 fully saturated rings. The Bertz CT molecular complexity index is 1470. The van der Waals surface area contributed by atoms with E-state index in [2.05, 4.69) is 20.7 Å². The maximum Gasteiger partial charge on any atom is 0.271 e. The van der Waals surface area contributed by atoms with Gasteiger partial charge in [-0.15, -0.1) is 0 Å². The number of ether oxygens (including phenoxy) is 1. The number of carbonyl (C=O) groups is 2. The number of amides is 2. The summed E-state index contributed by atoms with van der Waals surface area (Å²) in [6, 6.07) is 19.0. The second-order valence-corrected chi connectivity index (χ2v) is 9.79. The second-order valence-electron chi connectivity index (χ2n) is 8.98. The van der Waals surface area contributed by atoms with Crippen molar-refractivity contribution in [2.24, 2.45) is 5.41 Å². The van der Waals surface area contributed by atoms with E-state index in [9.17, 15) is 14.7 Å². The fourth-order valence-corrected chi connectivity index (χ4v) is 4.54. The van der Waals surface area contributed by atoms with Gasteiger partial charge in [-0.2, -0.15) is 5.10 Å². The summed E-state index contributed by atoms with van der Waals surface area (Å²) in [5.41, 5.74) is 1.56. The van der Waals surface area contributed by atoms with Crippen LogP contribution in [0.25, 0.3) is 16.9 Å². The van der Waals surface area contributed by atoms with Crippen molar-refractivity contribution in [3.63, 3.8) is 0 Å². The van der Waals surface area contributed by atoms with Gasteiger partial charge < -0.3 is 20.5 Å². The number of aliphatic hydroxyl groups is 1. The molecule has 38 heavy (non-hydrogen) atoms. The molecular weight excluding hydrogens is 529 g/mol. The average Bonchev–Trinajstić information content (AvgIpc) is 3.33.